The van der Waals surface area contributed by atoms with Gasteiger partial charge >= 0.3 is 0 Å². The van der Waals surface area contributed by atoms with E-state index in [1.807, 2.05) is 6.92 Å². The number of rotatable bonds is 4. The van der Waals surface area contributed by atoms with Gasteiger partial charge in [0.1, 0.15) is 16.8 Å². The second kappa shape index (κ2) is 6.51. The SMILES string of the molecule is CCCc1nc(Cl)c(C)c(N(C)C2CCC(C)(C)CC2)n1. The van der Waals surface area contributed by atoms with Crippen LogP contribution in [0.2, 0.25) is 5.15 Å². The summed E-state index contributed by atoms with van der Waals surface area (Å²) in [5.41, 5.74) is 1.49. The minimum Gasteiger partial charge on any atom is -0.356 e. The fraction of sp³-hybridized carbons (Fsp3) is 0.765. The lowest BCUT2D eigenvalue weighted by Gasteiger charge is -2.39. The third-order valence-electron chi connectivity index (χ3n) is 4.77. The van der Waals surface area contributed by atoms with Crippen LogP contribution in [0.3, 0.4) is 0 Å². The van der Waals surface area contributed by atoms with Crippen LogP contribution in [0.25, 0.3) is 0 Å². The lowest BCUT2D eigenvalue weighted by Crippen LogP contribution is -2.38. The maximum absolute atomic E-state index is 6.31. The van der Waals surface area contributed by atoms with Crippen LogP contribution in [0.15, 0.2) is 0 Å². The molecule has 1 aromatic heterocycles. The van der Waals surface area contributed by atoms with Crippen LogP contribution in [0, 0.1) is 12.3 Å². The third kappa shape index (κ3) is 3.88. The summed E-state index contributed by atoms with van der Waals surface area (Å²) in [6, 6.07) is 0.567. The molecule has 118 valence electrons. The first kappa shape index (κ1) is 16.5. The first-order valence-corrected chi connectivity index (χ1v) is 8.47. The largest absolute Gasteiger partial charge is 0.356 e. The predicted molar refractivity (Wildman–Crippen MR) is 90.2 cm³/mol. The van der Waals surface area contributed by atoms with Gasteiger partial charge in [-0.3, -0.25) is 0 Å². The molecule has 3 nitrogen and oxygen atoms in total. The Kier molecular flexibility index (Phi) is 5.13. The number of hydrogen-bond donors (Lipinski definition) is 0. The van der Waals surface area contributed by atoms with E-state index in [1.54, 1.807) is 0 Å². The number of halogens is 1. The van der Waals surface area contributed by atoms with Crippen LogP contribution in [0.1, 0.15) is 64.3 Å². The topological polar surface area (TPSA) is 29.0 Å². The Balaban J connectivity index is 2.20. The number of aryl methyl sites for hydroxylation is 1. The lowest BCUT2D eigenvalue weighted by atomic mass is 9.75. The molecular formula is C17H28ClN3. The Morgan fingerprint density at radius 1 is 1.24 bits per heavy atom. The number of hydrogen-bond acceptors (Lipinski definition) is 3. The number of anilines is 1. The van der Waals surface area contributed by atoms with Crippen molar-refractivity contribution < 1.29 is 0 Å². The quantitative estimate of drug-likeness (QED) is 0.748. The van der Waals surface area contributed by atoms with Gasteiger partial charge in [-0.25, -0.2) is 9.97 Å². The van der Waals surface area contributed by atoms with Crippen molar-refractivity contribution in [2.24, 2.45) is 5.41 Å². The van der Waals surface area contributed by atoms with E-state index < -0.39 is 0 Å². The van der Waals surface area contributed by atoms with Gasteiger partial charge in [-0.1, -0.05) is 32.4 Å². The zero-order chi connectivity index (χ0) is 15.6. The summed E-state index contributed by atoms with van der Waals surface area (Å²) in [5.74, 6) is 1.88. The average molecular weight is 310 g/mol. The highest BCUT2D eigenvalue weighted by molar-refractivity contribution is 6.30. The van der Waals surface area contributed by atoms with Crippen molar-refractivity contribution in [3.05, 3.63) is 16.5 Å². The molecular weight excluding hydrogens is 282 g/mol. The maximum atomic E-state index is 6.31. The molecule has 0 bridgehead atoms. The van der Waals surface area contributed by atoms with Gasteiger partial charge < -0.3 is 4.90 Å². The number of nitrogens with zero attached hydrogens (tertiary/aromatic N) is 3. The van der Waals surface area contributed by atoms with Crippen LogP contribution in [0.4, 0.5) is 5.82 Å². The maximum Gasteiger partial charge on any atom is 0.137 e. The van der Waals surface area contributed by atoms with Crippen molar-refractivity contribution in [1.29, 1.82) is 0 Å². The summed E-state index contributed by atoms with van der Waals surface area (Å²) in [5, 5.41) is 0.603. The molecule has 0 aromatic carbocycles. The molecule has 1 aliphatic rings. The number of aromatic nitrogens is 2. The summed E-state index contributed by atoms with van der Waals surface area (Å²) >= 11 is 6.31. The molecule has 0 aliphatic heterocycles. The molecule has 1 fully saturated rings. The molecule has 21 heavy (non-hydrogen) atoms. The third-order valence-corrected chi connectivity index (χ3v) is 5.14. The van der Waals surface area contributed by atoms with E-state index in [2.05, 4.69) is 37.7 Å². The molecule has 1 aromatic rings. The van der Waals surface area contributed by atoms with Gasteiger partial charge in [-0.15, -0.1) is 0 Å². The Labute approximate surface area is 134 Å². The highest BCUT2D eigenvalue weighted by Crippen LogP contribution is 2.38. The summed E-state index contributed by atoms with van der Waals surface area (Å²) in [4.78, 5) is 11.5. The first-order chi connectivity index (χ1) is 9.84. The van der Waals surface area contributed by atoms with Crippen molar-refractivity contribution in [3.63, 3.8) is 0 Å². The van der Waals surface area contributed by atoms with E-state index in [0.29, 0.717) is 16.6 Å². The van der Waals surface area contributed by atoms with Crippen LogP contribution >= 0.6 is 11.6 Å². The summed E-state index contributed by atoms with van der Waals surface area (Å²) in [7, 11) is 2.16. The lowest BCUT2D eigenvalue weighted by molar-refractivity contribution is 0.222. The molecule has 0 saturated heterocycles. The fourth-order valence-electron chi connectivity index (χ4n) is 3.14. The second-order valence-corrected chi connectivity index (χ2v) is 7.49. The Morgan fingerprint density at radius 2 is 1.86 bits per heavy atom. The Morgan fingerprint density at radius 3 is 2.43 bits per heavy atom. The summed E-state index contributed by atoms with van der Waals surface area (Å²) in [6.45, 7) is 8.91. The molecule has 1 heterocycles. The Bertz CT molecular complexity index is 489. The highest BCUT2D eigenvalue weighted by Gasteiger charge is 2.30. The van der Waals surface area contributed by atoms with E-state index in [-0.39, 0.29) is 0 Å². The van der Waals surface area contributed by atoms with Crippen molar-refractivity contribution in [1.82, 2.24) is 9.97 Å². The van der Waals surface area contributed by atoms with Crippen LogP contribution in [-0.4, -0.2) is 23.1 Å². The van der Waals surface area contributed by atoms with Gasteiger partial charge in [-0.2, -0.15) is 0 Å². The normalized spacial score (nSPS) is 18.8. The molecule has 0 unspecified atom stereocenters. The van der Waals surface area contributed by atoms with E-state index in [0.717, 1.165) is 30.0 Å². The van der Waals surface area contributed by atoms with Crippen molar-refractivity contribution in [2.75, 3.05) is 11.9 Å². The van der Waals surface area contributed by atoms with E-state index in [1.165, 1.54) is 25.7 Å². The van der Waals surface area contributed by atoms with Crippen LogP contribution < -0.4 is 4.90 Å². The summed E-state index contributed by atoms with van der Waals surface area (Å²) < 4.78 is 0. The van der Waals surface area contributed by atoms with E-state index in [4.69, 9.17) is 16.6 Å². The van der Waals surface area contributed by atoms with Gasteiger partial charge in [0.2, 0.25) is 0 Å². The molecule has 0 N–H and O–H groups in total. The fourth-order valence-corrected chi connectivity index (χ4v) is 3.33. The van der Waals surface area contributed by atoms with Crippen molar-refractivity contribution in [2.45, 2.75) is 72.3 Å². The minimum absolute atomic E-state index is 0.489. The summed E-state index contributed by atoms with van der Waals surface area (Å²) in [6.07, 6.45) is 6.95. The van der Waals surface area contributed by atoms with Crippen molar-refractivity contribution >= 4 is 17.4 Å². The van der Waals surface area contributed by atoms with Crippen LogP contribution in [-0.2, 0) is 6.42 Å². The van der Waals surface area contributed by atoms with Crippen LogP contribution in [0.5, 0.6) is 0 Å². The van der Waals surface area contributed by atoms with Gasteiger partial charge in [0.15, 0.2) is 0 Å². The van der Waals surface area contributed by atoms with Gasteiger partial charge in [-0.05, 0) is 44.4 Å². The smallest absolute Gasteiger partial charge is 0.137 e. The van der Waals surface area contributed by atoms with Crippen molar-refractivity contribution in [3.8, 4) is 0 Å². The predicted octanol–water partition coefficient (Wildman–Crippen LogP) is 4.80. The molecule has 0 spiro atoms. The average Bonchev–Trinajstić information content (AvgIpc) is 2.42. The Hall–Kier alpha value is -0.830. The zero-order valence-electron chi connectivity index (χ0n) is 14.0. The molecule has 2 rings (SSSR count). The minimum atomic E-state index is 0.489. The van der Waals surface area contributed by atoms with E-state index >= 15 is 0 Å². The van der Waals surface area contributed by atoms with Gasteiger partial charge in [0, 0.05) is 25.1 Å². The second-order valence-electron chi connectivity index (χ2n) is 7.14. The zero-order valence-corrected chi connectivity index (χ0v) is 14.8. The molecule has 0 amide bonds. The molecule has 0 radical (unpaired) electrons. The highest BCUT2D eigenvalue weighted by atomic mass is 35.5. The molecule has 4 heteroatoms. The standard InChI is InChI=1S/C17H28ClN3/c1-6-7-14-19-15(18)12(2)16(20-14)21(5)13-8-10-17(3,4)11-9-13/h13H,6-11H2,1-5H3. The van der Waals surface area contributed by atoms with Gasteiger partial charge in [0.25, 0.3) is 0 Å². The molecule has 1 aliphatic carbocycles. The molecule has 1 saturated carbocycles. The monoisotopic (exact) mass is 309 g/mol. The van der Waals surface area contributed by atoms with E-state index in [9.17, 15) is 0 Å². The first-order valence-electron chi connectivity index (χ1n) is 8.10. The van der Waals surface area contributed by atoms with Gasteiger partial charge in [0.05, 0.1) is 0 Å². The molecule has 0 atom stereocenters.